The molecule has 1 N–H and O–H groups in total. The second kappa shape index (κ2) is 6.77. The highest BCUT2D eigenvalue weighted by Gasteiger charge is 2.31. The summed E-state index contributed by atoms with van der Waals surface area (Å²) in [6.45, 7) is 1.86. The van der Waals surface area contributed by atoms with Crippen LogP contribution in [0, 0.1) is 5.82 Å². The SMILES string of the molecule is O=C(NC1CCN(C2CCc3ccc(F)cc32)CC1)c1cc2occc2s1. The number of furan rings is 1. The van der Waals surface area contributed by atoms with E-state index >= 15 is 0 Å². The summed E-state index contributed by atoms with van der Waals surface area (Å²) in [7, 11) is 0. The Morgan fingerprint density at radius 2 is 2.04 bits per heavy atom. The Hall–Kier alpha value is -2.18. The van der Waals surface area contributed by atoms with Crippen molar-refractivity contribution in [1.82, 2.24) is 10.2 Å². The lowest BCUT2D eigenvalue weighted by Crippen LogP contribution is -2.45. The van der Waals surface area contributed by atoms with Gasteiger partial charge in [0.25, 0.3) is 5.91 Å². The summed E-state index contributed by atoms with van der Waals surface area (Å²) in [4.78, 5) is 15.7. The summed E-state index contributed by atoms with van der Waals surface area (Å²) in [6.07, 6.45) is 5.58. The van der Waals surface area contributed by atoms with Crippen molar-refractivity contribution in [3.05, 3.63) is 58.4 Å². The van der Waals surface area contributed by atoms with Crippen molar-refractivity contribution < 1.29 is 13.6 Å². The number of benzene rings is 1. The molecule has 5 rings (SSSR count). The molecule has 6 heteroatoms. The second-order valence-electron chi connectivity index (χ2n) is 7.44. The van der Waals surface area contributed by atoms with Gasteiger partial charge in [0.05, 0.1) is 15.8 Å². The van der Waals surface area contributed by atoms with Gasteiger partial charge in [0.1, 0.15) is 11.4 Å². The molecular formula is C21H21FN2O2S. The minimum absolute atomic E-state index is 0.0156. The Balaban J connectivity index is 1.20. The number of fused-ring (bicyclic) bond motifs is 2. The molecule has 1 aromatic carbocycles. The van der Waals surface area contributed by atoms with E-state index in [-0.39, 0.29) is 17.8 Å². The molecule has 3 heterocycles. The first-order valence-corrected chi connectivity index (χ1v) is 10.3. The van der Waals surface area contributed by atoms with Crippen LogP contribution in [-0.2, 0) is 6.42 Å². The highest BCUT2D eigenvalue weighted by molar-refractivity contribution is 7.20. The zero-order chi connectivity index (χ0) is 18.4. The lowest BCUT2D eigenvalue weighted by atomic mass is 10.00. The molecule has 27 heavy (non-hydrogen) atoms. The third-order valence-corrected chi connectivity index (χ3v) is 6.90. The number of nitrogens with one attached hydrogen (secondary N) is 1. The van der Waals surface area contributed by atoms with Crippen LogP contribution >= 0.6 is 11.3 Å². The molecule has 2 aromatic heterocycles. The first kappa shape index (κ1) is 17.0. The molecule has 3 aromatic rings. The van der Waals surface area contributed by atoms with Crippen LogP contribution in [0.5, 0.6) is 0 Å². The van der Waals surface area contributed by atoms with Crippen LogP contribution in [-0.4, -0.2) is 29.9 Å². The molecule has 1 aliphatic heterocycles. The first-order chi connectivity index (χ1) is 13.2. The summed E-state index contributed by atoms with van der Waals surface area (Å²) >= 11 is 1.46. The van der Waals surface area contributed by atoms with Gasteiger partial charge in [0, 0.05) is 31.2 Å². The van der Waals surface area contributed by atoms with Gasteiger partial charge in [-0.15, -0.1) is 11.3 Å². The molecule has 0 saturated carbocycles. The van der Waals surface area contributed by atoms with Crippen molar-refractivity contribution in [2.45, 2.75) is 37.8 Å². The molecule has 0 bridgehead atoms. The molecular weight excluding hydrogens is 363 g/mol. The highest BCUT2D eigenvalue weighted by atomic mass is 32.1. The molecule has 140 valence electrons. The summed E-state index contributed by atoms with van der Waals surface area (Å²) in [5, 5.41) is 3.17. The number of carbonyl (C=O) groups excluding carboxylic acids is 1. The van der Waals surface area contributed by atoms with E-state index in [1.165, 1.54) is 16.9 Å². The summed E-state index contributed by atoms with van der Waals surface area (Å²) < 4.78 is 20.0. The van der Waals surface area contributed by atoms with Crippen molar-refractivity contribution in [2.75, 3.05) is 13.1 Å². The number of amides is 1. The van der Waals surface area contributed by atoms with Gasteiger partial charge in [-0.3, -0.25) is 9.69 Å². The van der Waals surface area contributed by atoms with Crippen LogP contribution < -0.4 is 5.32 Å². The zero-order valence-electron chi connectivity index (χ0n) is 14.9. The quantitative estimate of drug-likeness (QED) is 0.722. The highest BCUT2D eigenvalue weighted by Crippen LogP contribution is 2.37. The molecule has 4 nitrogen and oxygen atoms in total. The molecule has 2 aliphatic rings. The second-order valence-corrected chi connectivity index (χ2v) is 8.52. The van der Waals surface area contributed by atoms with E-state index in [0.29, 0.717) is 10.9 Å². The van der Waals surface area contributed by atoms with Crippen LogP contribution in [0.2, 0.25) is 0 Å². The largest absolute Gasteiger partial charge is 0.463 e. The number of thiophene rings is 1. The molecule has 1 amide bonds. The van der Waals surface area contributed by atoms with Crippen LogP contribution in [0.15, 0.2) is 41.0 Å². The van der Waals surface area contributed by atoms with Crippen LogP contribution in [0.4, 0.5) is 4.39 Å². The molecule has 0 spiro atoms. The van der Waals surface area contributed by atoms with Gasteiger partial charge in [-0.1, -0.05) is 6.07 Å². The zero-order valence-corrected chi connectivity index (χ0v) is 15.7. The van der Waals surface area contributed by atoms with E-state index in [2.05, 4.69) is 10.2 Å². The third kappa shape index (κ3) is 3.17. The molecule has 1 atom stereocenters. The molecule has 0 radical (unpaired) electrons. The van der Waals surface area contributed by atoms with Crippen LogP contribution in [0.25, 0.3) is 10.3 Å². The third-order valence-electron chi connectivity index (χ3n) is 5.82. The number of rotatable bonds is 3. The van der Waals surface area contributed by atoms with Gasteiger partial charge in [-0.25, -0.2) is 4.39 Å². The summed E-state index contributed by atoms with van der Waals surface area (Å²) in [5.74, 6) is -0.164. The van der Waals surface area contributed by atoms with Gasteiger partial charge in [-0.05, 0) is 55.0 Å². The maximum atomic E-state index is 13.7. The number of carbonyl (C=O) groups is 1. The summed E-state index contributed by atoms with van der Waals surface area (Å²) in [6, 6.07) is 9.39. The van der Waals surface area contributed by atoms with Crippen LogP contribution in [0.3, 0.4) is 0 Å². The Morgan fingerprint density at radius 3 is 2.85 bits per heavy atom. The van der Waals surface area contributed by atoms with E-state index in [4.69, 9.17) is 4.42 Å². The van der Waals surface area contributed by atoms with E-state index in [9.17, 15) is 9.18 Å². The minimum atomic E-state index is -0.149. The topological polar surface area (TPSA) is 45.5 Å². The van der Waals surface area contributed by atoms with E-state index in [1.807, 2.05) is 18.2 Å². The Morgan fingerprint density at radius 1 is 1.19 bits per heavy atom. The molecule has 1 fully saturated rings. The summed E-state index contributed by atoms with van der Waals surface area (Å²) in [5.41, 5.74) is 3.20. The van der Waals surface area contributed by atoms with Gasteiger partial charge < -0.3 is 9.73 Å². The van der Waals surface area contributed by atoms with E-state index in [1.54, 1.807) is 18.4 Å². The number of hydrogen-bond acceptors (Lipinski definition) is 4. The fourth-order valence-electron chi connectivity index (χ4n) is 4.42. The average molecular weight is 384 g/mol. The maximum absolute atomic E-state index is 13.7. The normalized spacial score (nSPS) is 20.9. The Bertz CT molecular complexity index is 959. The lowest BCUT2D eigenvalue weighted by molar-refractivity contribution is 0.0894. The Labute approximate surface area is 161 Å². The standard InChI is InChI=1S/C21H21FN2O2S/c22-14-3-1-13-2-4-17(16(13)11-14)24-8-5-15(6-9-24)23-21(25)20-12-18-19(27-20)7-10-26-18/h1,3,7,10-12,15,17H,2,4-6,8-9H2,(H,23,25). The number of aryl methyl sites for hydroxylation is 1. The van der Waals surface area contributed by atoms with Crippen molar-refractivity contribution in [3.63, 3.8) is 0 Å². The monoisotopic (exact) mass is 384 g/mol. The van der Waals surface area contributed by atoms with Crippen molar-refractivity contribution in [2.24, 2.45) is 0 Å². The Kier molecular flexibility index (Phi) is 4.25. The van der Waals surface area contributed by atoms with Gasteiger partial charge in [0.2, 0.25) is 0 Å². The molecule has 1 unspecified atom stereocenters. The molecule has 1 aliphatic carbocycles. The van der Waals surface area contributed by atoms with Gasteiger partial charge >= 0.3 is 0 Å². The predicted molar refractivity (Wildman–Crippen MR) is 104 cm³/mol. The van der Waals surface area contributed by atoms with Gasteiger partial charge in [-0.2, -0.15) is 0 Å². The molecule has 1 saturated heterocycles. The number of piperidine rings is 1. The van der Waals surface area contributed by atoms with Crippen molar-refractivity contribution >= 4 is 27.5 Å². The number of likely N-dealkylation sites (tertiary alicyclic amines) is 1. The van der Waals surface area contributed by atoms with Crippen LogP contribution in [0.1, 0.15) is 46.1 Å². The van der Waals surface area contributed by atoms with Gasteiger partial charge in [0.15, 0.2) is 0 Å². The van der Waals surface area contributed by atoms with Crippen molar-refractivity contribution in [1.29, 1.82) is 0 Å². The predicted octanol–water partition coefficient (Wildman–Crippen LogP) is 4.52. The van der Waals surface area contributed by atoms with E-state index in [0.717, 1.165) is 54.6 Å². The fraction of sp³-hybridized carbons (Fsp3) is 0.381. The smallest absolute Gasteiger partial charge is 0.261 e. The fourth-order valence-corrected chi connectivity index (χ4v) is 5.31. The first-order valence-electron chi connectivity index (χ1n) is 9.47. The number of halogens is 1. The lowest BCUT2D eigenvalue weighted by Gasteiger charge is -2.36. The number of hydrogen-bond donors (Lipinski definition) is 1. The van der Waals surface area contributed by atoms with E-state index < -0.39 is 0 Å². The maximum Gasteiger partial charge on any atom is 0.261 e. The average Bonchev–Trinajstić information content (AvgIpc) is 3.36. The van der Waals surface area contributed by atoms with Crippen molar-refractivity contribution in [3.8, 4) is 0 Å². The number of nitrogens with zero attached hydrogens (tertiary/aromatic N) is 1. The minimum Gasteiger partial charge on any atom is -0.463 e.